The van der Waals surface area contributed by atoms with Gasteiger partial charge in [-0.2, -0.15) is 0 Å². The van der Waals surface area contributed by atoms with Crippen LogP contribution in [0.1, 0.15) is 24.8 Å². The number of rotatable bonds is 6. The van der Waals surface area contributed by atoms with Crippen molar-refractivity contribution in [2.45, 2.75) is 32.3 Å². The average molecular weight is 292 g/mol. The van der Waals surface area contributed by atoms with Gasteiger partial charge in [0, 0.05) is 5.69 Å². The van der Waals surface area contributed by atoms with E-state index in [9.17, 15) is 4.79 Å². The van der Waals surface area contributed by atoms with Crippen molar-refractivity contribution in [1.29, 1.82) is 0 Å². The number of hydrogen-bond acceptors (Lipinski definition) is 4. The summed E-state index contributed by atoms with van der Waals surface area (Å²) >= 11 is 0. The van der Waals surface area contributed by atoms with Crippen LogP contribution in [0.4, 0.5) is 5.69 Å². The van der Waals surface area contributed by atoms with Gasteiger partial charge in [0.25, 0.3) is 0 Å². The number of piperidine rings is 1. The Morgan fingerprint density at radius 2 is 2.14 bits per heavy atom. The molecule has 0 aromatic heterocycles. The van der Waals surface area contributed by atoms with E-state index in [4.69, 9.17) is 9.47 Å². The maximum Gasteiger partial charge on any atom is 0.226 e. The molecule has 1 aliphatic rings. The Morgan fingerprint density at radius 1 is 1.38 bits per heavy atom. The number of carbonyl (C=O) groups is 1. The molecule has 5 nitrogen and oxygen atoms in total. The second-order valence-electron chi connectivity index (χ2n) is 5.30. The van der Waals surface area contributed by atoms with Gasteiger partial charge in [-0.15, -0.1) is 0 Å². The molecular formula is C16H24N2O3. The van der Waals surface area contributed by atoms with E-state index in [0.717, 1.165) is 42.9 Å². The Kier molecular flexibility index (Phi) is 6.02. The Morgan fingerprint density at radius 3 is 2.81 bits per heavy atom. The van der Waals surface area contributed by atoms with Gasteiger partial charge in [-0.25, -0.2) is 0 Å². The van der Waals surface area contributed by atoms with E-state index >= 15 is 0 Å². The molecule has 2 rings (SSSR count). The number of aryl methyl sites for hydroxylation is 1. The number of anilines is 1. The lowest BCUT2D eigenvalue weighted by molar-refractivity contribution is -0.117. The maximum absolute atomic E-state index is 11.9. The van der Waals surface area contributed by atoms with Crippen LogP contribution in [0, 0.1) is 6.92 Å². The third kappa shape index (κ3) is 5.02. The first kappa shape index (κ1) is 15.8. The summed E-state index contributed by atoms with van der Waals surface area (Å²) in [5, 5.41) is 6.18. The number of ether oxygens (including phenoxy) is 2. The molecule has 0 atom stereocenters. The van der Waals surface area contributed by atoms with Crippen LogP contribution in [0.3, 0.4) is 0 Å². The fraction of sp³-hybridized carbons (Fsp3) is 0.562. The molecule has 1 aromatic rings. The van der Waals surface area contributed by atoms with E-state index in [-0.39, 0.29) is 5.91 Å². The molecule has 0 radical (unpaired) electrons. The van der Waals surface area contributed by atoms with Gasteiger partial charge in [-0.3, -0.25) is 4.79 Å². The van der Waals surface area contributed by atoms with Gasteiger partial charge in [0.15, 0.2) is 0 Å². The maximum atomic E-state index is 11.9. The number of hydrogen-bond donors (Lipinski definition) is 2. The molecule has 1 aromatic carbocycles. The minimum absolute atomic E-state index is 0.0199. The van der Waals surface area contributed by atoms with E-state index in [1.165, 1.54) is 0 Å². The molecule has 0 unspecified atom stereocenters. The monoisotopic (exact) mass is 292 g/mol. The Balaban J connectivity index is 1.72. The molecule has 0 saturated carbocycles. The second-order valence-corrected chi connectivity index (χ2v) is 5.30. The third-order valence-electron chi connectivity index (χ3n) is 3.65. The van der Waals surface area contributed by atoms with E-state index in [0.29, 0.717) is 19.1 Å². The molecule has 0 spiro atoms. The minimum Gasteiger partial charge on any atom is -0.496 e. The highest BCUT2D eigenvalue weighted by Crippen LogP contribution is 2.21. The summed E-state index contributed by atoms with van der Waals surface area (Å²) in [5.41, 5.74) is 1.79. The van der Waals surface area contributed by atoms with Crippen LogP contribution in [0.25, 0.3) is 0 Å². The highest BCUT2D eigenvalue weighted by Gasteiger charge is 2.13. The SMILES string of the molecule is COc1ccc(NC(=O)CCOC2CCNCC2)cc1C. The third-order valence-corrected chi connectivity index (χ3v) is 3.65. The standard InChI is InChI=1S/C16H24N2O3/c1-12-11-13(3-4-15(12)20-2)18-16(19)7-10-21-14-5-8-17-9-6-14/h3-4,11,14,17H,5-10H2,1-2H3,(H,18,19). The average Bonchev–Trinajstić information content (AvgIpc) is 2.48. The van der Waals surface area contributed by atoms with Crippen molar-refractivity contribution in [3.8, 4) is 5.75 Å². The molecule has 1 amide bonds. The van der Waals surface area contributed by atoms with Crippen LogP contribution in [0.5, 0.6) is 5.75 Å². The first-order chi connectivity index (χ1) is 10.2. The molecule has 5 heteroatoms. The predicted molar refractivity (Wildman–Crippen MR) is 82.8 cm³/mol. The van der Waals surface area contributed by atoms with Gasteiger partial charge in [0.05, 0.1) is 26.2 Å². The molecule has 1 fully saturated rings. The van der Waals surface area contributed by atoms with Gasteiger partial charge in [-0.05, 0) is 56.6 Å². The fourth-order valence-electron chi connectivity index (χ4n) is 2.46. The van der Waals surface area contributed by atoms with E-state index in [2.05, 4.69) is 10.6 Å². The Hall–Kier alpha value is -1.59. The molecule has 116 valence electrons. The molecule has 0 bridgehead atoms. The first-order valence-corrected chi connectivity index (χ1v) is 7.46. The zero-order chi connectivity index (χ0) is 15.1. The number of nitrogens with one attached hydrogen (secondary N) is 2. The topological polar surface area (TPSA) is 59.6 Å². The zero-order valence-corrected chi connectivity index (χ0v) is 12.8. The summed E-state index contributed by atoms with van der Waals surface area (Å²) in [5.74, 6) is 0.802. The summed E-state index contributed by atoms with van der Waals surface area (Å²) in [6.07, 6.45) is 2.73. The molecular weight excluding hydrogens is 268 g/mol. The lowest BCUT2D eigenvalue weighted by Gasteiger charge is -2.22. The summed E-state index contributed by atoms with van der Waals surface area (Å²) in [6.45, 7) is 4.43. The predicted octanol–water partition coefficient (Wildman–Crippen LogP) is 2.10. The molecule has 21 heavy (non-hydrogen) atoms. The van der Waals surface area contributed by atoms with Gasteiger partial charge >= 0.3 is 0 Å². The highest BCUT2D eigenvalue weighted by molar-refractivity contribution is 5.90. The van der Waals surface area contributed by atoms with E-state index < -0.39 is 0 Å². The molecule has 2 N–H and O–H groups in total. The van der Waals surface area contributed by atoms with E-state index in [1.807, 2.05) is 25.1 Å². The summed E-state index contributed by atoms with van der Waals surface area (Å²) in [7, 11) is 1.64. The lowest BCUT2D eigenvalue weighted by Crippen LogP contribution is -2.33. The number of amides is 1. The first-order valence-electron chi connectivity index (χ1n) is 7.46. The summed E-state index contributed by atoms with van der Waals surface area (Å²) < 4.78 is 10.9. The molecule has 1 heterocycles. The van der Waals surface area contributed by atoms with Crippen molar-refractivity contribution < 1.29 is 14.3 Å². The lowest BCUT2D eigenvalue weighted by atomic mass is 10.1. The van der Waals surface area contributed by atoms with Crippen molar-refractivity contribution in [3.63, 3.8) is 0 Å². The minimum atomic E-state index is -0.0199. The van der Waals surface area contributed by atoms with Crippen molar-refractivity contribution in [3.05, 3.63) is 23.8 Å². The highest BCUT2D eigenvalue weighted by atomic mass is 16.5. The molecule has 1 aliphatic heterocycles. The normalized spacial score (nSPS) is 15.7. The smallest absolute Gasteiger partial charge is 0.226 e. The zero-order valence-electron chi connectivity index (χ0n) is 12.8. The van der Waals surface area contributed by atoms with Gasteiger partial charge in [-0.1, -0.05) is 0 Å². The van der Waals surface area contributed by atoms with Crippen molar-refractivity contribution in [2.24, 2.45) is 0 Å². The van der Waals surface area contributed by atoms with Gasteiger partial charge in [0.1, 0.15) is 5.75 Å². The van der Waals surface area contributed by atoms with Crippen LogP contribution < -0.4 is 15.4 Å². The van der Waals surface area contributed by atoms with Crippen molar-refractivity contribution >= 4 is 11.6 Å². The number of methoxy groups -OCH3 is 1. The Labute approximate surface area is 126 Å². The van der Waals surface area contributed by atoms with Crippen LogP contribution in [-0.4, -0.2) is 38.8 Å². The Bertz CT molecular complexity index is 471. The summed E-state index contributed by atoms with van der Waals surface area (Å²) in [6, 6.07) is 5.61. The fourth-order valence-corrected chi connectivity index (χ4v) is 2.46. The number of benzene rings is 1. The number of carbonyl (C=O) groups excluding carboxylic acids is 1. The van der Waals surface area contributed by atoms with Crippen LogP contribution in [0.15, 0.2) is 18.2 Å². The van der Waals surface area contributed by atoms with Crippen molar-refractivity contribution in [1.82, 2.24) is 5.32 Å². The van der Waals surface area contributed by atoms with Crippen molar-refractivity contribution in [2.75, 3.05) is 32.1 Å². The quantitative estimate of drug-likeness (QED) is 0.843. The molecule has 0 aliphatic carbocycles. The van der Waals surface area contributed by atoms with Gasteiger partial charge < -0.3 is 20.1 Å². The largest absolute Gasteiger partial charge is 0.496 e. The van der Waals surface area contributed by atoms with Crippen LogP contribution in [-0.2, 0) is 9.53 Å². The molecule has 1 saturated heterocycles. The summed E-state index contributed by atoms with van der Waals surface area (Å²) in [4.78, 5) is 11.9. The van der Waals surface area contributed by atoms with Crippen LogP contribution >= 0.6 is 0 Å². The van der Waals surface area contributed by atoms with Gasteiger partial charge in [0.2, 0.25) is 5.91 Å². The van der Waals surface area contributed by atoms with E-state index in [1.54, 1.807) is 7.11 Å². The van der Waals surface area contributed by atoms with Crippen LogP contribution in [0.2, 0.25) is 0 Å². The second kappa shape index (κ2) is 8.00.